The summed E-state index contributed by atoms with van der Waals surface area (Å²) in [4.78, 5) is 4.81. The number of pyridine rings is 1. The summed E-state index contributed by atoms with van der Waals surface area (Å²) in [5.74, 6) is 0.831. The molecule has 21 heavy (non-hydrogen) atoms. The molecule has 0 amide bonds. The Hall–Kier alpha value is -1.56. The maximum Gasteiger partial charge on any atom is 0.144 e. The Balaban J connectivity index is 2.30. The second kappa shape index (κ2) is 8.02. The van der Waals surface area contributed by atoms with E-state index >= 15 is 0 Å². The number of nitrogens with zero attached hydrogens (tertiary/aromatic N) is 2. The van der Waals surface area contributed by atoms with Crippen molar-refractivity contribution in [3.8, 4) is 6.07 Å². The molecule has 0 aliphatic heterocycles. The van der Waals surface area contributed by atoms with Gasteiger partial charge in [0.2, 0.25) is 0 Å². The second-order valence-electron chi connectivity index (χ2n) is 5.94. The van der Waals surface area contributed by atoms with E-state index in [0.29, 0.717) is 0 Å². The summed E-state index contributed by atoms with van der Waals surface area (Å²) in [5.41, 5.74) is 4.68. The van der Waals surface area contributed by atoms with Gasteiger partial charge in [0, 0.05) is 12.2 Å². The maximum absolute atomic E-state index is 9.57. The Morgan fingerprint density at radius 1 is 1.10 bits per heavy atom. The van der Waals surface area contributed by atoms with E-state index in [-0.39, 0.29) is 0 Å². The maximum atomic E-state index is 9.57. The van der Waals surface area contributed by atoms with Gasteiger partial charge in [0.15, 0.2) is 0 Å². The first-order valence-electron chi connectivity index (χ1n) is 8.50. The number of unbranched alkanes of at least 4 members (excludes halogenated alkanes) is 2. The number of anilines is 1. The van der Waals surface area contributed by atoms with E-state index in [1.54, 1.807) is 0 Å². The van der Waals surface area contributed by atoms with Crippen LogP contribution in [0.1, 0.15) is 74.8 Å². The first kappa shape index (κ1) is 15.8. The molecular weight excluding hydrogens is 258 g/mol. The van der Waals surface area contributed by atoms with Crippen LogP contribution in [0.4, 0.5) is 5.82 Å². The molecule has 0 bridgehead atoms. The zero-order valence-electron chi connectivity index (χ0n) is 13.5. The molecule has 0 saturated carbocycles. The van der Waals surface area contributed by atoms with Gasteiger partial charge in [-0.1, -0.05) is 33.1 Å². The van der Waals surface area contributed by atoms with Crippen molar-refractivity contribution in [3.63, 3.8) is 0 Å². The van der Waals surface area contributed by atoms with Crippen LogP contribution in [0, 0.1) is 11.3 Å². The number of nitriles is 1. The standard InChI is InChI=1S/C18H27N3/c1-3-5-8-12-20-18-16(13-19)14-10-6-7-11-15(14)17(21-18)9-4-2/h3-12H2,1-2H3,(H,20,21). The van der Waals surface area contributed by atoms with Gasteiger partial charge in [-0.05, 0) is 49.7 Å². The van der Waals surface area contributed by atoms with Crippen LogP contribution in [0.15, 0.2) is 0 Å². The van der Waals surface area contributed by atoms with E-state index in [1.807, 2.05) is 0 Å². The number of aromatic nitrogens is 1. The van der Waals surface area contributed by atoms with Crippen LogP contribution in [0.5, 0.6) is 0 Å². The monoisotopic (exact) mass is 285 g/mol. The summed E-state index contributed by atoms with van der Waals surface area (Å²) in [6.07, 6.45) is 10.3. The molecule has 0 fully saturated rings. The minimum atomic E-state index is 0.807. The van der Waals surface area contributed by atoms with Crippen molar-refractivity contribution in [1.29, 1.82) is 5.26 Å². The van der Waals surface area contributed by atoms with E-state index in [9.17, 15) is 5.26 Å². The highest BCUT2D eigenvalue weighted by molar-refractivity contribution is 5.60. The average molecular weight is 285 g/mol. The predicted molar refractivity (Wildman–Crippen MR) is 87.6 cm³/mol. The molecule has 0 spiro atoms. The van der Waals surface area contributed by atoms with Gasteiger partial charge in [-0.15, -0.1) is 0 Å². The molecule has 3 heteroatoms. The van der Waals surface area contributed by atoms with Crippen molar-refractivity contribution in [2.45, 2.75) is 71.6 Å². The molecule has 1 aromatic heterocycles. The third kappa shape index (κ3) is 3.75. The third-order valence-electron chi connectivity index (χ3n) is 4.27. The third-order valence-corrected chi connectivity index (χ3v) is 4.27. The summed E-state index contributed by atoms with van der Waals surface area (Å²) < 4.78 is 0. The van der Waals surface area contributed by atoms with Gasteiger partial charge in [0.25, 0.3) is 0 Å². The van der Waals surface area contributed by atoms with Crippen LogP contribution in [0.2, 0.25) is 0 Å². The molecule has 0 radical (unpaired) electrons. The highest BCUT2D eigenvalue weighted by Gasteiger charge is 2.21. The SMILES string of the molecule is CCCCCNc1nc(CCC)c2c(c1C#N)CCCC2. The van der Waals surface area contributed by atoms with Crippen LogP contribution in [-0.2, 0) is 19.3 Å². The number of nitrogens with one attached hydrogen (secondary N) is 1. The lowest BCUT2D eigenvalue weighted by molar-refractivity contribution is 0.666. The van der Waals surface area contributed by atoms with E-state index in [2.05, 4.69) is 25.2 Å². The summed E-state index contributed by atoms with van der Waals surface area (Å²) in [7, 11) is 0. The first-order chi connectivity index (χ1) is 10.3. The van der Waals surface area contributed by atoms with Crippen LogP contribution >= 0.6 is 0 Å². The molecule has 0 saturated heterocycles. The molecule has 0 atom stereocenters. The quantitative estimate of drug-likeness (QED) is 0.756. The van der Waals surface area contributed by atoms with Gasteiger partial charge < -0.3 is 5.32 Å². The fourth-order valence-electron chi connectivity index (χ4n) is 3.17. The van der Waals surface area contributed by atoms with Crippen molar-refractivity contribution in [1.82, 2.24) is 4.98 Å². The normalized spacial score (nSPS) is 13.6. The number of aryl methyl sites for hydroxylation is 1. The molecule has 1 aromatic rings. The van der Waals surface area contributed by atoms with E-state index in [0.717, 1.165) is 50.0 Å². The molecule has 114 valence electrons. The van der Waals surface area contributed by atoms with Gasteiger partial charge >= 0.3 is 0 Å². The van der Waals surface area contributed by atoms with Crippen molar-refractivity contribution in [2.75, 3.05) is 11.9 Å². The molecular formula is C18H27N3. The highest BCUT2D eigenvalue weighted by atomic mass is 15.0. The Morgan fingerprint density at radius 3 is 2.52 bits per heavy atom. The largest absolute Gasteiger partial charge is 0.369 e. The molecule has 1 N–H and O–H groups in total. The lowest BCUT2D eigenvalue weighted by Crippen LogP contribution is -2.15. The van der Waals surface area contributed by atoms with Crippen LogP contribution in [-0.4, -0.2) is 11.5 Å². The lowest BCUT2D eigenvalue weighted by atomic mass is 9.87. The minimum absolute atomic E-state index is 0.807. The zero-order chi connectivity index (χ0) is 15.1. The highest BCUT2D eigenvalue weighted by Crippen LogP contribution is 2.31. The fraction of sp³-hybridized carbons (Fsp3) is 0.667. The van der Waals surface area contributed by atoms with Crippen molar-refractivity contribution in [2.24, 2.45) is 0 Å². The van der Waals surface area contributed by atoms with Crippen LogP contribution in [0.25, 0.3) is 0 Å². The van der Waals surface area contributed by atoms with Gasteiger partial charge in [-0.3, -0.25) is 0 Å². The summed E-state index contributed by atoms with van der Waals surface area (Å²) in [6, 6.07) is 2.41. The van der Waals surface area contributed by atoms with E-state index in [1.165, 1.54) is 42.5 Å². The smallest absolute Gasteiger partial charge is 0.144 e. The lowest BCUT2D eigenvalue weighted by Gasteiger charge is -2.22. The van der Waals surface area contributed by atoms with Gasteiger partial charge in [-0.25, -0.2) is 4.98 Å². The topological polar surface area (TPSA) is 48.7 Å². The molecule has 3 nitrogen and oxygen atoms in total. The van der Waals surface area contributed by atoms with Crippen molar-refractivity contribution in [3.05, 3.63) is 22.4 Å². The Morgan fingerprint density at radius 2 is 1.86 bits per heavy atom. The average Bonchev–Trinajstić information content (AvgIpc) is 2.52. The summed E-state index contributed by atoms with van der Waals surface area (Å²) in [5, 5.41) is 13.0. The number of rotatable bonds is 7. The molecule has 1 heterocycles. The van der Waals surface area contributed by atoms with E-state index in [4.69, 9.17) is 4.98 Å². The zero-order valence-corrected chi connectivity index (χ0v) is 13.5. The number of hydrogen-bond donors (Lipinski definition) is 1. The Kier molecular flexibility index (Phi) is 6.04. The number of hydrogen-bond acceptors (Lipinski definition) is 3. The Labute approximate surface area is 128 Å². The molecule has 1 aliphatic rings. The molecule has 2 rings (SSSR count). The van der Waals surface area contributed by atoms with Crippen LogP contribution in [0.3, 0.4) is 0 Å². The van der Waals surface area contributed by atoms with Crippen molar-refractivity contribution < 1.29 is 0 Å². The second-order valence-corrected chi connectivity index (χ2v) is 5.94. The molecule has 0 unspecified atom stereocenters. The van der Waals surface area contributed by atoms with E-state index < -0.39 is 0 Å². The molecule has 1 aliphatic carbocycles. The fourth-order valence-corrected chi connectivity index (χ4v) is 3.17. The Bertz CT molecular complexity index is 514. The van der Waals surface area contributed by atoms with Gasteiger partial charge in [0.1, 0.15) is 11.9 Å². The minimum Gasteiger partial charge on any atom is -0.369 e. The predicted octanol–water partition coefficient (Wildman–Crippen LogP) is 4.39. The first-order valence-corrected chi connectivity index (χ1v) is 8.50. The van der Waals surface area contributed by atoms with Crippen LogP contribution < -0.4 is 5.32 Å². The number of fused-ring (bicyclic) bond motifs is 1. The van der Waals surface area contributed by atoms with Gasteiger partial charge in [0.05, 0.1) is 5.56 Å². The summed E-state index contributed by atoms with van der Waals surface area (Å²) >= 11 is 0. The van der Waals surface area contributed by atoms with Gasteiger partial charge in [-0.2, -0.15) is 5.26 Å². The van der Waals surface area contributed by atoms with Crippen molar-refractivity contribution >= 4 is 5.82 Å². The summed E-state index contributed by atoms with van der Waals surface area (Å²) in [6.45, 7) is 5.32. The molecule has 0 aromatic carbocycles.